The van der Waals surface area contributed by atoms with Crippen molar-refractivity contribution in [3.05, 3.63) is 30.1 Å². The molecule has 0 bridgehead atoms. The lowest BCUT2D eigenvalue weighted by Crippen LogP contribution is -2.05. The van der Waals surface area contributed by atoms with Gasteiger partial charge in [0.2, 0.25) is 0 Å². The highest BCUT2D eigenvalue weighted by atomic mass is 127. The summed E-state index contributed by atoms with van der Waals surface area (Å²) in [7, 11) is 0. The Labute approximate surface area is 89.1 Å². The Morgan fingerprint density at radius 2 is 2.33 bits per heavy atom. The summed E-state index contributed by atoms with van der Waals surface area (Å²) >= 11 is 0. The van der Waals surface area contributed by atoms with E-state index in [0.29, 0.717) is 12.4 Å². The Morgan fingerprint density at radius 1 is 1.58 bits per heavy atom. The van der Waals surface area contributed by atoms with Crippen LogP contribution in [0.25, 0.3) is 0 Å². The van der Waals surface area contributed by atoms with Gasteiger partial charge in [-0.15, -0.1) is 24.0 Å². The quantitative estimate of drug-likeness (QED) is 0.507. The summed E-state index contributed by atoms with van der Waals surface area (Å²) in [6.07, 6.45) is 1.75. The van der Waals surface area contributed by atoms with Crippen LogP contribution in [0.1, 0.15) is 12.6 Å². The zero-order chi connectivity index (χ0) is 8.10. The fourth-order valence-corrected chi connectivity index (χ4v) is 0.697. The van der Waals surface area contributed by atoms with Crippen molar-refractivity contribution in [1.82, 2.24) is 4.98 Å². The first-order valence-electron chi connectivity index (χ1n) is 3.45. The van der Waals surface area contributed by atoms with Crippen LogP contribution in [0.3, 0.4) is 0 Å². The molecule has 0 fully saturated rings. The summed E-state index contributed by atoms with van der Waals surface area (Å²) in [6.45, 7) is 2.34. The predicted molar refractivity (Wildman–Crippen MR) is 60.7 cm³/mol. The van der Waals surface area contributed by atoms with Crippen LogP contribution in [0, 0.1) is 0 Å². The van der Waals surface area contributed by atoms with Gasteiger partial charge in [0.15, 0.2) is 0 Å². The van der Waals surface area contributed by atoms with Gasteiger partial charge in [-0.05, 0) is 19.1 Å². The lowest BCUT2D eigenvalue weighted by Gasteiger charge is -1.93. The second kappa shape index (κ2) is 5.93. The molecule has 0 aromatic carbocycles. The number of nitrogens with zero attached hydrogens (tertiary/aromatic N) is 2. The average Bonchev–Trinajstić information content (AvgIpc) is 2.03. The average molecular weight is 277 g/mol. The summed E-state index contributed by atoms with van der Waals surface area (Å²) in [5, 5.41) is 0. The number of aromatic nitrogens is 1. The van der Waals surface area contributed by atoms with Crippen LogP contribution in [0.15, 0.2) is 29.4 Å². The highest BCUT2D eigenvalue weighted by Gasteiger charge is 1.88. The summed E-state index contributed by atoms with van der Waals surface area (Å²) in [5.74, 6) is 0.593. The largest absolute Gasteiger partial charge is 0.388 e. The Morgan fingerprint density at radius 3 is 2.83 bits per heavy atom. The van der Waals surface area contributed by atoms with Crippen LogP contribution in [0.4, 0.5) is 0 Å². The van der Waals surface area contributed by atoms with E-state index in [1.807, 2.05) is 18.2 Å². The Hall–Kier alpha value is -0.650. The molecule has 1 aromatic rings. The minimum absolute atomic E-state index is 0. The molecule has 12 heavy (non-hydrogen) atoms. The third-order valence-corrected chi connectivity index (χ3v) is 1.22. The molecule has 1 heterocycles. The third-order valence-electron chi connectivity index (χ3n) is 1.22. The first-order valence-corrected chi connectivity index (χ1v) is 3.45. The lowest BCUT2D eigenvalue weighted by molar-refractivity contribution is 0.984. The van der Waals surface area contributed by atoms with E-state index in [2.05, 4.69) is 9.98 Å². The normalized spacial score (nSPS) is 10.6. The lowest BCUT2D eigenvalue weighted by atomic mass is 10.3. The van der Waals surface area contributed by atoms with Crippen LogP contribution in [0.2, 0.25) is 0 Å². The fraction of sp³-hybridized carbons (Fsp3) is 0.250. The molecule has 3 nitrogen and oxygen atoms in total. The highest BCUT2D eigenvalue weighted by molar-refractivity contribution is 14.0. The second-order valence-corrected chi connectivity index (χ2v) is 2.28. The van der Waals surface area contributed by atoms with Crippen LogP contribution in [-0.4, -0.2) is 10.8 Å². The van der Waals surface area contributed by atoms with Crippen LogP contribution < -0.4 is 5.73 Å². The van der Waals surface area contributed by atoms with E-state index < -0.39 is 0 Å². The van der Waals surface area contributed by atoms with Gasteiger partial charge in [0, 0.05) is 6.20 Å². The Balaban J connectivity index is 0.00000121. The van der Waals surface area contributed by atoms with Gasteiger partial charge in [-0.1, -0.05) is 6.07 Å². The molecule has 0 saturated carbocycles. The molecule has 0 radical (unpaired) electrons. The van der Waals surface area contributed by atoms with Crippen LogP contribution in [-0.2, 0) is 6.54 Å². The first kappa shape index (κ1) is 11.4. The number of hydrogen-bond acceptors (Lipinski definition) is 2. The van der Waals surface area contributed by atoms with Crippen molar-refractivity contribution in [3.8, 4) is 0 Å². The maximum absolute atomic E-state index is 5.36. The second-order valence-electron chi connectivity index (χ2n) is 2.28. The number of rotatable bonds is 2. The van der Waals surface area contributed by atoms with Crippen molar-refractivity contribution in [3.63, 3.8) is 0 Å². The smallest absolute Gasteiger partial charge is 0.0910 e. The van der Waals surface area contributed by atoms with E-state index in [9.17, 15) is 0 Å². The van der Waals surface area contributed by atoms with Crippen molar-refractivity contribution in [2.45, 2.75) is 13.5 Å². The van der Waals surface area contributed by atoms with Crippen molar-refractivity contribution >= 4 is 29.8 Å². The number of amidine groups is 1. The maximum Gasteiger partial charge on any atom is 0.0910 e. The molecule has 0 saturated heterocycles. The minimum atomic E-state index is 0. The molecule has 0 spiro atoms. The SMILES string of the molecule is CC(N)=NCc1ccccn1.I. The molecular weight excluding hydrogens is 265 g/mol. The summed E-state index contributed by atoms with van der Waals surface area (Å²) < 4.78 is 0. The molecule has 1 aromatic heterocycles. The monoisotopic (exact) mass is 277 g/mol. The van der Waals surface area contributed by atoms with Crippen molar-refractivity contribution in [2.24, 2.45) is 10.7 Å². The minimum Gasteiger partial charge on any atom is -0.388 e. The van der Waals surface area contributed by atoms with Crippen molar-refractivity contribution in [1.29, 1.82) is 0 Å². The molecular formula is C8H12IN3. The summed E-state index contributed by atoms with van der Waals surface area (Å²) in [4.78, 5) is 8.11. The molecule has 0 aliphatic heterocycles. The Bertz CT molecular complexity index is 242. The van der Waals surface area contributed by atoms with E-state index >= 15 is 0 Å². The number of aliphatic imine (C=N–C) groups is 1. The van der Waals surface area contributed by atoms with Crippen LogP contribution >= 0.6 is 24.0 Å². The summed E-state index contributed by atoms with van der Waals surface area (Å²) in [6, 6.07) is 5.73. The van der Waals surface area contributed by atoms with E-state index in [4.69, 9.17) is 5.73 Å². The molecule has 0 amide bonds. The topological polar surface area (TPSA) is 51.3 Å². The molecule has 4 heteroatoms. The van der Waals surface area contributed by atoms with E-state index in [0.717, 1.165) is 5.69 Å². The van der Waals surface area contributed by atoms with Gasteiger partial charge in [-0.3, -0.25) is 9.98 Å². The Kier molecular flexibility index (Phi) is 5.61. The molecule has 66 valence electrons. The van der Waals surface area contributed by atoms with Gasteiger partial charge < -0.3 is 5.73 Å². The number of pyridine rings is 1. The molecule has 2 N–H and O–H groups in total. The predicted octanol–water partition coefficient (Wildman–Crippen LogP) is 1.58. The zero-order valence-corrected chi connectivity index (χ0v) is 9.23. The number of hydrogen-bond donors (Lipinski definition) is 1. The van der Waals surface area contributed by atoms with Gasteiger partial charge in [0.1, 0.15) is 0 Å². The van der Waals surface area contributed by atoms with Gasteiger partial charge in [0.05, 0.1) is 18.1 Å². The maximum atomic E-state index is 5.36. The van der Waals surface area contributed by atoms with Gasteiger partial charge in [-0.2, -0.15) is 0 Å². The molecule has 1 rings (SSSR count). The van der Waals surface area contributed by atoms with Gasteiger partial charge >= 0.3 is 0 Å². The van der Waals surface area contributed by atoms with Gasteiger partial charge in [0.25, 0.3) is 0 Å². The third kappa shape index (κ3) is 4.27. The first-order chi connectivity index (χ1) is 5.29. The fourth-order valence-electron chi connectivity index (χ4n) is 0.697. The van der Waals surface area contributed by atoms with Crippen LogP contribution in [0.5, 0.6) is 0 Å². The number of halogens is 1. The summed E-state index contributed by atoms with van der Waals surface area (Å²) in [5.41, 5.74) is 6.30. The van der Waals surface area contributed by atoms with E-state index in [1.165, 1.54) is 0 Å². The zero-order valence-electron chi connectivity index (χ0n) is 6.90. The molecule has 0 unspecified atom stereocenters. The highest BCUT2D eigenvalue weighted by Crippen LogP contribution is 1.94. The number of nitrogens with two attached hydrogens (primary N) is 1. The van der Waals surface area contributed by atoms with E-state index in [-0.39, 0.29) is 24.0 Å². The van der Waals surface area contributed by atoms with Crippen molar-refractivity contribution < 1.29 is 0 Å². The van der Waals surface area contributed by atoms with E-state index in [1.54, 1.807) is 13.1 Å². The van der Waals surface area contributed by atoms with Gasteiger partial charge in [-0.25, -0.2) is 0 Å². The molecule has 0 aliphatic carbocycles. The molecule has 0 aliphatic rings. The molecule has 0 atom stereocenters. The van der Waals surface area contributed by atoms with Crippen molar-refractivity contribution in [2.75, 3.05) is 0 Å². The standard InChI is InChI=1S/C8H11N3.HI/c1-7(9)11-6-8-4-2-3-5-10-8;/h2-5H,6H2,1H3,(H2,9,11);1H.